The van der Waals surface area contributed by atoms with Crippen molar-refractivity contribution in [3.05, 3.63) is 235 Å². The van der Waals surface area contributed by atoms with Crippen LogP contribution in [0.2, 0.25) is 0 Å². The summed E-state index contributed by atoms with van der Waals surface area (Å²) in [4.78, 5) is 117. The Labute approximate surface area is 691 Å². The molecule has 9 aromatic carbocycles. The molecule has 4 heterocycles. The summed E-state index contributed by atoms with van der Waals surface area (Å²) < 4.78 is 205. The van der Waals surface area contributed by atoms with Gasteiger partial charge in [-0.25, -0.2) is 9.59 Å². The molecule has 0 aliphatic heterocycles. The second-order valence-electron chi connectivity index (χ2n) is 26.8. The maximum atomic E-state index is 15.0. The molecule has 4 aromatic heterocycles. The van der Waals surface area contributed by atoms with Crippen molar-refractivity contribution in [1.29, 1.82) is 0 Å². The molecule has 2 aliphatic rings. The Hall–Kier alpha value is -14.9. The van der Waals surface area contributed by atoms with Crippen LogP contribution in [0.1, 0.15) is 75.4 Å². The topological polar surface area (TPSA) is 619 Å². The third-order valence-corrected chi connectivity index (χ3v) is 23.6. The summed E-state index contributed by atoms with van der Waals surface area (Å²) in [5, 5.41) is 36.0. The lowest BCUT2D eigenvalue weighted by atomic mass is 9.80. The van der Waals surface area contributed by atoms with E-state index in [-0.39, 0.29) is 120 Å². The average molecular weight is 1770 g/mol. The summed E-state index contributed by atoms with van der Waals surface area (Å²) in [6.07, 6.45) is 0. The van der Waals surface area contributed by atoms with E-state index in [0.717, 1.165) is 41.0 Å². The molecular weight excluding hydrogens is 1710 g/mol. The number of carboxylic acid groups (broad SMARTS) is 2. The second kappa shape index (κ2) is 31.4. The fourth-order valence-electron chi connectivity index (χ4n) is 13.9. The first-order chi connectivity index (χ1) is 58.1. The van der Waals surface area contributed by atoms with Crippen molar-refractivity contribution in [2.24, 2.45) is 14.1 Å². The number of fused-ring (bicyclic) bond motifs is 4. The van der Waals surface area contributed by atoms with Crippen LogP contribution in [0.25, 0.3) is 44.1 Å². The summed E-state index contributed by atoms with van der Waals surface area (Å²) in [6, 6.07) is 31.7. The summed E-state index contributed by atoms with van der Waals surface area (Å²) in [5.41, 5.74) is -6.56. The Morgan fingerprint density at radius 3 is 1.20 bits per heavy atom. The molecule has 0 unspecified atom stereocenters. The van der Waals surface area contributed by atoms with Crippen LogP contribution in [0.5, 0.6) is 29.3 Å². The molecule has 13 aromatic rings. The number of hydrogen-bond acceptors (Lipinski definition) is 32. The van der Waals surface area contributed by atoms with Gasteiger partial charge < -0.3 is 65.5 Å². The third-order valence-electron chi connectivity index (χ3n) is 19.1. The zero-order chi connectivity index (χ0) is 88.0. The van der Waals surface area contributed by atoms with Crippen LogP contribution in [-0.4, -0.2) is 163 Å². The van der Waals surface area contributed by atoms with Gasteiger partial charge in [0.15, 0.2) is 23.1 Å². The number of anilines is 10. The fraction of sp³-hybridized carbons (Fsp3) is 0.0779. The Bertz CT molecular complexity index is 7620. The van der Waals surface area contributed by atoms with Gasteiger partial charge in [-0.3, -0.25) is 46.7 Å². The summed E-state index contributed by atoms with van der Waals surface area (Å²) in [7, 11) is -24.6. The molecule has 46 heteroatoms. The van der Waals surface area contributed by atoms with Gasteiger partial charge in [0.1, 0.15) is 31.1 Å². The number of nitrogens with one attached hydrogen (secondary N) is 6. The molecule has 0 fully saturated rings. The van der Waals surface area contributed by atoms with Crippen molar-refractivity contribution >= 4 is 160 Å². The third kappa shape index (κ3) is 16.1. The highest BCUT2D eigenvalue weighted by molar-refractivity contribution is 7.87. The predicted molar refractivity (Wildman–Crippen MR) is 436 cm³/mol. The number of carbonyl (C=O) groups is 5. The van der Waals surface area contributed by atoms with E-state index in [4.69, 9.17) is 14.2 Å². The summed E-state index contributed by atoms with van der Waals surface area (Å²) in [6.45, 7) is 0.885. The number of carbonyl (C=O) groups excluding carboxylic acids is 3. The number of hydrogen-bond donors (Lipinski definition) is 13. The van der Waals surface area contributed by atoms with E-state index in [1.807, 2.05) is 0 Å². The van der Waals surface area contributed by atoms with E-state index in [9.17, 15) is 104 Å². The standard InChI is InChI=1S/C77H56N14O27S5/c1-4-116-67-58-42-19-6-8-21-44(42)66(94)60-46(23-25-52(62(58)60)91(3)69(67)96)81-48-32-50(56(123(113,114)115)34-54(48)121(107,108)109)83-75-85-73(87-77(89-75)118-39-16-10-14-37(29-39)71(99)100)79-27-26-78-72-84-74(88-76(86-72)117-38-15-9-13-36(28-38)70(97)98)82-49-31-47(53(120(104,105)106)33-55(49)122(110,111)112)80-45-22-24-51-61-57(41-18-5-7-20-43(41)65(93)59(45)61)63(68(95)90(51)2)64(92)35-12-11-17-40(30-35)119(101,102)103/h5-25,28-34,80-81H,4,26-27H2,1-3H3,(H,97,98)(H,99,100)(H,101,102,103)(H,104,105,106)(H,107,108,109)(H,110,111,112)(H,113,114,115)(H2,78,82,84,86,88)(H2,79,83,85,87,89). The van der Waals surface area contributed by atoms with Gasteiger partial charge in [-0.15, -0.1) is 0 Å². The largest absolute Gasteiger partial charge is 0.488 e. The average Bonchev–Trinajstić information content (AvgIpc) is 0.711. The van der Waals surface area contributed by atoms with Crippen molar-refractivity contribution in [3.63, 3.8) is 0 Å². The predicted octanol–water partition coefficient (Wildman–Crippen LogP) is 9.53. The lowest BCUT2D eigenvalue weighted by molar-refractivity contribution is 0.0686. The molecular formula is C77H56N14O27S5. The molecule has 15 rings (SSSR count). The quantitative estimate of drug-likeness (QED) is 0.0123. The van der Waals surface area contributed by atoms with E-state index in [2.05, 4.69) is 61.8 Å². The van der Waals surface area contributed by atoms with Crippen LogP contribution in [0.3, 0.4) is 0 Å². The summed E-state index contributed by atoms with van der Waals surface area (Å²) >= 11 is 0. The normalized spacial score (nSPS) is 12.4. The number of carboxylic acids is 2. The van der Waals surface area contributed by atoms with Crippen LogP contribution >= 0.6 is 0 Å². The number of rotatable bonds is 28. The molecule has 123 heavy (non-hydrogen) atoms. The van der Waals surface area contributed by atoms with Crippen LogP contribution in [0.15, 0.2) is 204 Å². The van der Waals surface area contributed by atoms with Crippen LogP contribution < -0.4 is 57.2 Å². The Morgan fingerprint density at radius 1 is 0.390 bits per heavy atom. The van der Waals surface area contributed by atoms with Gasteiger partial charge in [0.25, 0.3) is 61.7 Å². The number of nitrogens with zero attached hydrogens (tertiary/aromatic N) is 8. The van der Waals surface area contributed by atoms with Gasteiger partial charge in [0, 0.05) is 65.8 Å². The maximum Gasteiger partial charge on any atom is 0.335 e. The molecule has 2 aliphatic carbocycles. The van der Waals surface area contributed by atoms with Crippen LogP contribution in [-0.2, 0) is 64.7 Å². The van der Waals surface area contributed by atoms with E-state index in [1.54, 1.807) is 25.1 Å². The molecule has 13 N–H and O–H groups in total. The highest BCUT2D eigenvalue weighted by Crippen LogP contribution is 2.49. The zero-order valence-electron chi connectivity index (χ0n) is 62.7. The van der Waals surface area contributed by atoms with Gasteiger partial charge in [0.2, 0.25) is 23.8 Å². The van der Waals surface area contributed by atoms with Gasteiger partial charge in [-0.1, -0.05) is 72.8 Å². The number of pyridine rings is 2. The highest BCUT2D eigenvalue weighted by Gasteiger charge is 2.38. The van der Waals surface area contributed by atoms with Crippen molar-refractivity contribution in [2.75, 3.05) is 51.6 Å². The lowest BCUT2D eigenvalue weighted by Gasteiger charge is -2.26. The molecule has 0 saturated carbocycles. The molecule has 626 valence electrons. The van der Waals surface area contributed by atoms with Crippen LogP contribution in [0, 0.1) is 0 Å². The molecule has 0 radical (unpaired) electrons. The number of benzene rings is 9. The van der Waals surface area contributed by atoms with Crippen molar-refractivity contribution in [2.45, 2.75) is 31.4 Å². The van der Waals surface area contributed by atoms with Gasteiger partial charge in [-0.2, -0.15) is 72.0 Å². The van der Waals surface area contributed by atoms with Crippen LogP contribution in [0.4, 0.5) is 57.9 Å². The Kier molecular flexibility index (Phi) is 21.2. The minimum absolute atomic E-state index is 0.00181. The van der Waals surface area contributed by atoms with E-state index >= 15 is 4.79 Å². The molecule has 41 nitrogen and oxygen atoms in total. The van der Waals surface area contributed by atoms with Crippen molar-refractivity contribution < 1.29 is 113 Å². The minimum Gasteiger partial charge on any atom is -0.488 e. The first-order valence-electron chi connectivity index (χ1n) is 35.4. The summed E-state index contributed by atoms with van der Waals surface area (Å²) in [5.74, 6) is -8.35. The van der Waals surface area contributed by atoms with Gasteiger partial charge >= 0.3 is 24.0 Å². The molecule has 0 amide bonds. The van der Waals surface area contributed by atoms with E-state index < -0.39 is 185 Å². The highest BCUT2D eigenvalue weighted by atomic mass is 32.2. The molecule has 0 saturated heterocycles. The second-order valence-corrected chi connectivity index (χ2v) is 33.8. The number of ketones is 3. The van der Waals surface area contributed by atoms with Gasteiger partial charge in [-0.05, 0) is 115 Å². The van der Waals surface area contributed by atoms with Gasteiger partial charge in [0.05, 0.1) is 84.5 Å². The lowest BCUT2D eigenvalue weighted by Crippen LogP contribution is -2.29. The van der Waals surface area contributed by atoms with E-state index in [0.29, 0.717) is 23.8 Å². The Balaban J connectivity index is 0.791. The molecule has 0 bridgehead atoms. The number of aromatic nitrogens is 8. The molecule has 0 atom stereocenters. The first-order valence-corrected chi connectivity index (χ1v) is 42.6. The maximum absolute atomic E-state index is 15.0. The van der Waals surface area contributed by atoms with Crippen molar-refractivity contribution in [3.8, 4) is 51.5 Å². The minimum atomic E-state index is -5.65. The van der Waals surface area contributed by atoms with E-state index in [1.165, 1.54) is 116 Å². The first kappa shape index (κ1) is 83.2. The molecule has 0 spiro atoms. The number of aryl methyl sites for hydroxylation is 2. The zero-order valence-corrected chi connectivity index (χ0v) is 66.8. The smallest absolute Gasteiger partial charge is 0.335 e. The Morgan fingerprint density at radius 2 is 0.780 bits per heavy atom. The monoisotopic (exact) mass is 1770 g/mol. The SMILES string of the molecule is CCOc1c2c3c(c(Nc4cc(Nc5nc(NCCNc6nc(Nc7cc(Nc8ccc9c%10c8C(=O)c8ccccc8-c%10c(C(=O)c8cccc(S(=O)(=O)O)c8)c(=O)n9C)c(S(=O)(=O)O)cc7S(=O)(=O)O)nc(Oc7cccc(C(=O)O)c7)n6)nc(Oc6cccc(C(=O)O)c6)n5)c(S(=O)(=O)O)cc4S(=O)(=O)O)ccc3n(C)c1=O)C(=O)c1ccccc1-2. The van der Waals surface area contributed by atoms with Crippen molar-refractivity contribution in [1.82, 2.24) is 39.0 Å². The fourth-order valence-corrected chi connectivity index (χ4v) is 17.2. The number of ether oxygens (including phenoxy) is 3. The number of aromatic carboxylic acids is 2.